The van der Waals surface area contributed by atoms with Crippen LogP contribution in [0.3, 0.4) is 0 Å². The van der Waals surface area contributed by atoms with Crippen LogP contribution in [0.25, 0.3) is 0 Å². The molecule has 0 fully saturated rings. The molecule has 1 aromatic rings. The summed E-state index contributed by atoms with van der Waals surface area (Å²) in [5, 5.41) is 0.873. The third-order valence-electron chi connectivity index (χ3n) is 1.75. The minimum Gasteiger partial charge on any atom is -0.0840 e. The van der Waals surface area contributed by atoms with Gasteiger partial charge >= 0.3 is 0 Å². The van der Waals surface area contributed by atoms with E-state index in [1.807, 2.05) is 13.0 Å². The molecule has 54 valence electrons. The van der Waals surface area contributed by atoms with Crippen molar-refractivity contribution in [2.24, 2.45) is 0 Å². The van der Waals surface area contributed by atoms with Gasteiger partial charge in [0, 0.05) is 5.02 Å². The van der Waals surface area contributed by atoms with Gasteiger partial charge in [-0.3, -0.25) is 0 Å². The Hall–Kier alpha value is -0.490. The van der Waals surface area contributed by atoms with Crippen molar-refractivity contribution in [3.63, 3.8) is 0 Å². The van der Waals surface area contributed by atoms with Crippen LogP contribution in [0.2, 0.25) is 5.02 Å². The van der Waals surface area contributed by atoms with Gasteiger partial charge in [-0.2, -0.15) is 0 Å². The van der Waals surface area contributed by atoms with Gasteiger partial charge in [-0.15, -0.1) is 0 Å². The van der Waals surface area contributed by atoms with Gasteiger partial charge in [-0.1, -0.05) is 17.7 Å². The Morgan fingerprint density at radius 2 is 1.70 bits per heavy atom. The quantitative estimate of drug-likeness (QED) is 0.538. The van der Waals surface area contributed by atoms with Crippen LogP contribution in [0.1, 0.15) is 16.7 Å². The lowest BCUT2D eigenvalue weighted by molar-refractivity contribution is 1.30. The zero-order valence-electron chi connectivity index (χ0n) is 6.53. The Morgan fingerprint density at radius 3 is 2.20 bits per heavy atom. The fourth-order valence-electron chi connectivity index (χ4n) is 0.988. The molecule has 1 heteroatoms. The molecule has 10 heavy (non-hydrogen) atoms. The van der Waals surface area contributed by atoms with E-state index in [0.717, 1.165) is 5.02 Å². The fraction of sp³-hybridized carbons (Fsp3) is 0.333. The van der Waals surface area contributed by atoms with Crippen molar-refractivity contribution in [2.45, 2.75) is 20.8 Å². The first-order chi connectivity index (χ1) is 4.61. The molecule has 0 atom stereocenters. The standard InChI is InChI=1S/C9H11Cl/c1-6-4-7(2)8(3)9(10)5-6/h4-5H,1-3H3. The lowest BCUT2D eigenvalue weighted by atomic mass is 10.1. The summed E-state index contributed by atoms with van der Waals surface area (Å²) in [6.07, 6.45) is 0. The highest BCUT2D eigenvalue weighted by molar-refractivity contribution is 6.31. The monoisotopic (exact) mass is 154 g/mol. The summed E-state index contributed by atoms with van der Waals surface area (Å²) in [5.41, 5.74) is 3.69. The second-order valence-corrected chi connectivity index (χ2v) is 3.10. The summed E-state index contributed by atoms with van der Waals surface area (Å²) in [5.74, 6) is 0. The summed E-state index contributed by atoms with van der Waals surface area (Å²) in [4.78, 5) is 0. The normalized spacial score (nSPS) is 10.0. The maximum Gasteiger partial charge on any atom is 0.0440 e. The Bertz CT molecular complexity index is 228. The van der Waals surface area contributed by atoms with Crippen LogP contribution in [-0.4, -0.2) is 0 Å². The number of rotatable bonds is 0. The molecular weight excluding hydrogens is 144 g/mol. The first-order valence-electron chi connectivity index (χ1n) is 3.34. The molecule has 0 aliphatic rings. The Labute approximate surface area is 66.8 Å². The number of hydrogen-bond acceptors (Lipinski definition) is 0. The molecule has 1 aromatic carbocycles. The minimum atomic E-state index is 0.873. The van der Waals surface area contributed by atoms with Crippen molar-refractivity contribution in [1.29, 1.82) is 0 Å². The number of aryl methyl sites for hydroxylation is 2. The lowest BCUT2D eigenvalue weighted by Gasteiger charge is -2.02. The van der Waals surface area contributed by atoms with Crippen LogP contribution in [0, 0.1) is 20.8 Å². The van der Waals surface area contributed by atoms with Gasteiger partial charge in [0.05, 0.1) is 0 Å². The maximum atomic E-state index is 5.92. The molecule has 0 saturated carbocycles. The van der Waals surface area contributed by atoms with Crippen molar-refractivity contribution >= 4 is 11.6 Å². The molecule has 0 heterocycles. The summed E-state index contributed by atoms with van der Waals surface area (Å²) in [6.45, 7) is 6.17. The molecule has 0 aromatic heterocycles. The molecule has 0 bridgehead atoms. The molecule has 0 amide bonds. The summed E-state index contributed by atoms with van der Waals surface area (Å²) >= 11 is 5.92. The van der Waals surface area contributed by atoms with Gasteiger partial charge in [-0.25, -0.2) is 0 Å². The zero-order chi connectivity index (χ0) is 7.72. The van der Waals surface area contributed by atoms with E-state index in [1.54, 1.807) is 0 Å². The lowest BCUT2D eigenvalue weighted by Crippen LogP contribution is -1.83. The van der Waals surface area contributed by atoms with Crippen LogP contribution < -0.4 is 0 Å². The van der Waals surface area contributed by atoms with E-state index in [2.05, 4.69) is 19.9 Å². The molecule has 0 nitrogen and oxygen atoms in total. The highest BCUT2D eigenvalue weighted by Crippen LogP contribution is 2.19. The third kappa shape index (κ3) is 1.32. The molecule has 0 aliphatic heterocycles. The van der Waals surface area contributed by atoms with Gasteiger partial charge in [0.15, 0.2) is 0 Å². The summed E-state index contributed by atoms with van der Waals surface area (Å²) in [7, 11) is 0. The molecule has 1 rings (SSSR count). The SMILES string of the molecule is Cc1cc(C)c(C)c(Cl)c1. The van der Waals surface area contributed by atoms with E-state index in [9.17, 15) is 0 Å². The van der Waals surface area contributed by atoms with Gasteiger partial charge in [0.2, 0.25) is 0 Å². The smallest absolute Gasteiger partial charge is 0.0440 e. The van der Waals surface area contributed by atoms with Gasteiger partial charge in [0.1, 0.15) is 0 Å². The van der Waals surface area contributed by atoms with E-state index in [0.29, 0.717) is 0 Å². The number of halogens is 1. The van der Waals surface area contributed by atoms with Crippen LogP contribution in [-0.2, 0) is 0 Å². The van der Waals surface area contributed by atoms with Crippen molar-refractivity contribution < 1.29 is 0 Å². The van der Waals surface area contributed by atoms with Gasteiger partial charge in [0.25, 0.3) is 0 Å². The van der Waals surface area contributed by atoms with Crippen LogP contribution in [0.15, 0.2) is 12.1 Å². The maximum absolute atomic E-state index is 5.92. The number of hydrogen-bond donors (Lipinski definition) is 0. The largest absolute Gasteiger partial charge is 0.0840 e. The average molecular weight is 155 g/mol. The van der Waals surface area contributed by atoms with Crippen molar-refractivity contribution in [1.82, 2.24) is 0 Å². The Balaban J connectivity index is 3.31. The number of benzene rings is 1. The first kappa shape index (κ1) is 7.62. The zero-order valence-corrected chi connectivity index (χ0v) is 7.29. The van der Waals surface area contributed by atoms with E-state index < -0.39 is 0 Å². The average Bonchev–Trinajstić information content (AvgIpc) is 1.82. The second kappa shape index (κ2) is 2.63. The summed E-state index contributed by atoms with van der Waals surface area (Å²) in [6, 6.07) is 4.13. The van der Waals surface area contributed by atoms with Crippen molar-refractivity contribution in [3.05, 3.63) is 33.8 Å². The molecule has 0 saturated heterocycles. The van der Waals surface area contributed by atoms with Gasteiger partial charge < -0.3 is 0 Å². The Kier molecular flexibility index (Phi) is 2.00. The molecule has 0 N–H and O–H groups in total. The fourth-order valence-corrected chi connectivity index (χ4v) is 1.31. The van der Waals surface area contributed by atoms with E-state index in [1.165, 1.54) is 16.7 Å². The predicted octanol–water partition coefficient (Wildman–Crippen LogP) is 3.27. The van der Waals surface area contributed by atoms with E-state index in [-0.39, 0.29) is 0 Å². The topological polar surface area (TPSA) is 0 Å². The molecule has 0 aliphatic carbocycles. The highest BCUT2D eigenvalue weighted by Gasteiger charge is 1.97. The van der Waals surface area contributed by atoms with E-state index in [4.69, 9.17) is 11.6 Å². The first-order valence-corrected chi connectivity index (χ1v) is 3.72. The third-order valence-corrected chi connectivity index (χ3v) is 2.14. The van der Waals surface area contributed by atoms with Crippen LogP contribution in [0.5, 0.6) is 0 Å². The molecule has 0 spiro atoms. The highest BCUT2D eigenvalue weighted by atomic mass is 35.5. The van der Waals surface area contributed by atoms with Crippen LogP contribution >= 0.6 is 11.6 Å². The van der Waals surface area contributed by atoms with Gasteiger partial charge in [-0.05, 0) is 43.5 Å². The van der Waals surface area contributed by atoms with Crippen LogP contribution in [0.4, 0.5) is 0 Å². The Morgan fingerprint density at radius 1 is 1.10 bits per heavy atom. The minimum absolute atomic E-state index is 0.873. The summed E-state index contributed by atoms with van der Waals surface area (Å²) < 4.78 is 0. The molecular formula is C9H11Cl. The van der Waals surface area contributed by atoms with Crippen molar-refractivity contribution in [3.8, 4) is 0 Å². The van der Waals surface area contributed by atoms with Crippen molar-refractivity contribution in [2.75, 3.05) is 0 Å². The second-order valence-electron chi connectivity index (χ2n) is 2.69. The van der Waals surface area contributed by atoms with E-state index >= 15 is 0 Å². The predicted molar refractivity (Wildman–Crippen MR) is 45.7 cm³/mol. The molecule has 0 unspecified atom stereocenters. The molecule has 0 radical (unpaired) electrons.